The van der Waals surface area contributed by atoms with Crippen molar-refractivity contribution in [3.63, 3.8) is 0 Å². The van der Waals surface area contributed by atoms with Crippen LogP contribution >= 0.6 is 0 Å². The van der Waals surface area contributed by atoms with Crippen LogP contribution in [0.4, 0.5) is 5.82 Å². The highest BCUT2D eigenvalue weighted by Crippen LogP contribution is 2.21. The molecule has 0 atom stereocenters. The summed E-state index contributed by atoms with van der Waals surface area (Å²) in [5, 5.41) is 17.3. The second kappa shape index (κ2) is 6.30. The summed E-state index contributed by atoms with van der Waals surface area (Å²) in [4.78, 5) is 13.2. The molecular formula is C12H19N3O3. The Labute approximate surface area is 107 Å². The van der Waals surface area contributed by atoms with Crippen LogP contribution in [0.1, 0.15) is 28.5 Å². The Morgan fingerprint density at radius 1 is 1.39 bits per heavy atom. The Morgan fingerprint density at radius 3 is 2.56 bits per heavy atom. The molecule has 1 rings (SSSR count). The zero-order chi connectivity index (χ0) is 13.7. The highest BCUT2D eigenvalue weighted by Gasteiger charge is 2.21. The summed E-state index contributed by atoms with van der Waals surface area (Å²) in [6.07, 6.45) is 0. The minimum absolute atomic E-state index is 0.223. The van der Waals surface area contributed by atoms with E-state index in [1.54, 1.807) is 21.0 Å². The van der Waals surface area contributed by atoms with Gasteiger partial charge >= 0.3 is 5.97 Å². The first-order valence-electron chi connectivity index (χ1n) is 5.84. The molecule has 1 aromatic rings. The van der Waals surface area contributed by atoms with Crippen molar-refractivity contribution in [2.45, 2.75) is 20.8 Å². The van der Waals surface area contributed by atoms with E-state index in [4.69, 9.17) is 4.74 Å². The molecule has 100 valence electrons. The average Bonchev–Trinajstić information content (AvgIpc) is 2.34. The molecule has 0 saturated carbocycles. The van der Waals surface area contributed by atoms with E-state index in [1.165, 1.54) is 0 Å². The van der Waals surface area contributed by atoms with Gasteiger partial charge in [0.15, 0.2) is 5.82 Å². The fourth-order valence-corrected chi connectivity index (χ4v) is 1.69. The molecule has 0 radical (unpaired) electrons. The van der Waals surface area contributed by atoms with Gasteiger partial charge in [-0.25, -0.2) is 4.79 Å². The molecule has 0 unspecified atom stereocenters. The summed E-state index contributed by atoms with van der Waals surface area (Å²) in [5.41, 5.74) is 1.52. The average molecular weight is 253 g/mol. The van der Waals surface area contributed by atoms with E-state index in [9.17, 15) is 9.90 Å². The van der Waals surface area contributed by atoms with Crippen molar-refractivity contribution < 1.29 is 14.6 Å². The molecule has 0 amide bonds. The molecule has 0 aliphatic rings. The van der Waals surface area contributed by atoms with Gasteiger partial charge in [0.1, 0.15) is 5.56 Å². The maximum absolute atomic E-state index is 11.4. The first kappa shape index (κ1) is 14.4. The molecule has 0 aliphatic carbocycles. The summed E-state index contributed by atoms with van der Waals surface area (Å²) >= 11 is 0. The number of hydrogen-bond donors (Lipinski definition) is 1. The Bertz CT molecular complexity index is 435. The molecule has 0 fully saturated rings. The molecule has 18 heavy (non-hydrogen) atoms. The van der Waals surface area contributed by atoms with E-state index in [2.05, 4.69) is 10.2 Å². The van der Waals surface area contributed by atoms with E-state index in [1.807, 2.05) is 11.8 Å². The minimum Gasteiger partial charge on any atom is -0.478 e. The standard InChI is InChI=1S/C12H19N3O3/c1-5-15(6-7-18-4)11-10(12(16)17)8(2)9(3)13-14-11/h5-7H2,1-4H3,(H,16,17). The smallest absolute Gasteiger partial charge is 0.339 e. The van der Waals surface area contributed by atoms with Crippen LogP contribution in [0.5, 0.6) is 0 Å². The third-order valence-electron chi connectivity index (χ3n) is 2.90. The number of aryl methyl sites for hydroxylation is 1. The zero-order valence-electron chi connectivity index (χ0n) is 11.2. The maximum atomic E-state index is 11.4. The zero-order valence-corrected chi connectivity index (χ0v) is 11.2. The third-order valence-corrected chi connectivity index (χ3v) is 2.90. The Hall–Kier alpha value is -1.69. The number of methoxy groups -OCH3 is 1. The fourth-order valence-electron chi connectivity index (χ4n) is 1.69. The van der Waals surface area contributed by atoms with Gasteiger partial charge in [0, 0.05) is 20.2 Å². The largest absolute Gasteiger partial charge is 0.478 e. The molecule has 1 N–H and O–H groups in total. The normalized spacial score (nSPS) is 10.4. The molecular weight excluding hydrogens is 234 g/mol. The number of hydrogen-bond acceptors (Lipinski definition) is 5. The highest BCUT2D eigenvalue weighted by molar-refractivity contribution is 5.95. The van der Waals surface area contributed by atoms with Crippen LogP contribution in [0, 0.1) is 13.8 Å². The quantitative estimate of drug-likeness (QED) is 0.822. The van der Waals surface area contributed by atoms with Gasteiger partial charge in [-0.2, -0.15) is 5.10 Å². The van der Waals surface area contributed by atoms with Crippen LogP contribution in [-0.4, -0.2) is 48.1 Å². The van der Waals surface area contributed by atoms with Crippen molar-refractivity contribution in [2.75, 3.05) is 31.7 Å². The third kappa shape index (κ3) is 2.95. The van der Waals surface area contributed by atoms with Crippen LogP contribution in [0.25, 0.3) is 0 Å². The van der Waals surface area contributed by atoms with Crippen molar-refractivity contribution >= 4 is 11.8 Å². The lowest BCUT2D eigenvalue weighted by atomic mass is 10.1. The molecule has 6 nitrogen and oxygen atoms in total. The summed E-state index contributed by atoms with van der Waals surface area (Å²) in [5.74, 6) is -0.568. The predicted molar refractivity (Wildman–Crippen MR) is 68.2 cm³/mol. The van der Waals surface area contributed by atoms with Crippen molar-refractivity contribution in [1.82, 2.24) is 10.2 Å². The molecule has 0 aliphatic heterocycles. The number of carbonyl (C=O) groups is 1. The molecule has 0 bridgehead atoms. The highest BCUT2D eigenvalue weighted by atomic mass is 16.5. The maximum Gasteiger partial charge on any atom is 0.339 e. The molecule has 0 aromatic carbocycles. The van der Waals surface area contributed by atoms with Gasteiger partial charge in [0.2, 0.25) is 0 Å². The number of aromatic carboxylic acids is 1. The number of rotatable bonds is 6. The minimum atomic E-state index is -0.976. The first-order chi connectivity index (χ1) is 8.52. The second-order valence-electron chi connectivity index (χ2n) is 3.99. The monoisotopic (exact) mass is 253 g/mol. The van der Waals surface area contributed by atoms with Crippen molar-refractivity contribution in [1.29, 1.82) is 0 Å². The van der Waals surface area contributed by atoms with Gasteiger partial charge in [-0.15, -0.1) is 5.10 Å². The second-order valence-corrected chi connectivity index (χ2v) is 3.99. The number of ether oxygens (including phenoxy) is 1. The van der Waals surface area contributed by atoms with Crippen LogP contribution in [-0.2, 0) is 4.74 Å². The molecule has 0 spiro atoms. The van der Waals surface area contributed by atoms with E-state index >= 15 is 0 Å². The Morgan fingerprint density at radius 2 is 2.06 bits per heavy atom. The topological polar surface area (TPSA) is 75.5 Å². The predicted octanol–water partition coefficient (Wildman–Crippen LogP) is 1.26. The van der Waals surface area contributed by atoms with Crippen molar-refractivity contribution in [3.05, 3.63) is 16.8 Å². The lowest BCUT2D eigenvalue weighted by Gasteiger charge is -2.23. The van der Waals surface area contributed by atoms with E-state index < -0.39 is 5.97 Å². The number of anilines is 1. The molecule has 0 saturated heterocycles. The lowest BCUT2D eigenvalue weighted by Crippen LogP contribution is -2.30. The van der Waals surface area contributed by atoms with E-state index in [-0.39, 0.29) is 5.56 Å². The number of aromatic nitrogens is 2. The van der Waals surface area contributed by atoms with Crippen LogP contribution in [0.15, 0.2) is 0 Å². The van der Waals surface area contributed by atoms with Gasteiger partial charge in [-0.05, 0) is 26.3 Å². The summed E-state index contributed by atoms with van der Waals surface area (Å²) in [6.45, 7) is 7.20. The Balaban J connectivity index is 3.21. The van der Waals surface area contributed by atoms with Gasteiger partial charge in [0.05, 0.1) is 12.3 Å². The Kier molecular flexibility index (Phi) is 5.03. The van der Waals surface area contributed by atoms with Crippen LogP contribution in [0.2, 0.25) is 0 Å². The van der Waals surface area contributed by atoms with Gasteiger partial charge in [-0.1, -0.05) is 0 Å². The van der Waals surface area contributed by atoms with Gasteiger partial charge < -0.3 is 14.7 Å². The number of likely N-dealkylation sites (N-methyl/N-ethyl adjacent to an activating group) is 1. The van der Waals surface area contributed by atoms with Crippen molar-refractivity contribution in [2.24, 2.45) is 0 Å². The SMILES string of the molecule is CCN(CCOC)c1nnc(C)c(C)c1C(=O)O. The number of carboxylic acids is 1. The number of nitrogens with zero attached hydrogens (tertiary/aromatic N) is 3. The van der Waals surface area contributed by atoms with Crippen molar-refractivity contribution in [3.8, 4) is 0 Å². The van der Waals surface area contributed by atoms with E-state index in [0.29, 0.717) is 36.8 Å². The summed E-state index contributed by atoms with van der Waals surface area (Å²) < 4.78 is 5.01. The molecule has 6 heteroatoms. The van der Waals surface area contributed by atoms with E-state index in [0.717, 1.165) is 0 Å². The fraction of sp³-hybridized carbons (Fsp3) is 0.583. The summed E-state index contributed by atoms with van der Waals surface area (Å²) in [7, 11) is 1.61. The van der Waals surface area contributed by atoms with Gasteiger partial charge in [0.25, 0.3) is 0 Å². The number of carboxylic acid groups (broad SMARTS) is 1. The van der Waals surface area contributed by atoms with Crippen LogP contribution in [0.3, 0.4) is 0 Å². The molecule has 1 aromatic heterocycles. The van der Waals surface area contributed by atoms with Gasteiger partial charge in [-0.3, -0.25) is 0 Å². The first-order valence-corrected chi connectivity index (χ1v) is 5.84. The van der Waals surface area contributed by atoms with Crippen LogP contribution < -0.4 is 4.90 Å². The molecule has 1 heterocycles. The lowest BCUT2D eigenvalue weighted by molar-refractivity contribution is 0.0696. The summed E-state index contributed by atoms with van der Waals surface area (Å²) in [6, 6.07) is 0.